The summed E-state index contributed by atoms with van der Waals surface area (Å²) in [5.74, 6) is 0.128. The molecule has 0 radical (unpaired) electrons. The molecule has 1 aliphatic heterocycles. The maximum atomic E-state index is 12.5. The standard InChI is InChI=1S/C20H19F3N6O5/c1-10(17-27-16(28-34-17)12-4-3-5-13(8-12)33-20(21,22)23)25-18-24-7-6-15(26-18)29-14(11(2)30)9-32-19(29)31/h3-8,10-11,14,30H,9H2,1-2H3,(H,24,25,26)/t10-,11+,14+/m0/s1. The minimum Gasteiger partial charge on any atom is -0.447 e. The van der Waals surface area contributed by atoms with Gasteiger partial charge in [0, 0.05) is 11.8 Å². The van der Waals surface area contributed by atoms with Crippen LogP contribution in [0.15, 0.2) is 41.1 Å². The van der Waals surface area contributed by atoms with E-state index in [1.165, 1.54) is 29.3 Å². The van der Waals surface area contributed by atoms with Crippen LogP contribution in [0.4, 0.5) is 29.7 Å². The molecule has 3 atom stereocenters. The van der Waals surface area contributed by atoms with Gasteiger partial charge in [-0.2, -0.15) is 9.97 Å². The number of benzene rings is 1. The van der Waals surface area contributed by atoms with Crippen molar-refractivity contribution in [1.29, 1.82) is 0 Å². The summed E-state index contributed by atoms with van der Waals surface area (Å²) in [6, 6.07) is 5.49. The maximum absolute atomic E-state index is 12.5. The molecule has 3 heterocycles. The molecule has 0 aliphatic carbocycles. The van der Waals surface area contributed by atoms with Crippen molar-refractivity contribution in [1.82, 2.24) is 20.1 Å². The van der Waals surface area contributed by atoms with E-state index in [1.54, 1.807) is 13.8 Å². The van der Waals surface area contributed by atoms with Crippen LogP contribution >= 0.6 is 0 Å². The molecule has 11 nitrogen and oxygen atoms in total. The molecular formula is C20H19F3N6O5. The van der Waals surface area contributed by atoms with Gasteiger partial charge >= 0.3 is 12.5 Å². The summed E-state index contributed by atoms with van der Waals surface area (Å²) in [5.41, 5.74) is 0.263. The minimum absolute atomic E-state index is 0.0274. The van der Waals surface area contributed by atoms with E-state index in [0.717, 1.165) is 12.1 Å². The highest BCUT2D eigenvalue weighted by atomic mass is 19.4. The molecule has 1 aliphatic rings. The average molecular weight is 480 g/mol. The van der Waals surface area contributed by atoms with Gasteiger partial charge in [0.15, 0.2) is 0 Å². The monoisotopic (exact) mass is 480 g/mol. The first kappa shape index (κ1) is 23.2. The van der Waals surface area contributed by atoms with Crippen molar-refractivity contribution in [2.45, 2.75) is 38.4 Å². The quantitative estimate of drug-likeness (QED) is 0.518. The normalized spacial score (nSPS) is 17.9. The van der Waals surface area contributed by atoms with Crippen LogP contribution in [0.2, 0.25) is 0 Å². The van der Waals surface area contributed by atoms with Crippen LogP contribution in [0.5, 0.6) is 5.75 Å². The second-order valence-electron chi connectivity index (χ2n) is 7.39. The van der Waals surface area contributed by atoms with E-state index in [-0.39, 0.29) is 35.7 Å². The number of carbonyl (C=O) groups is 1. The summed E-state index contributed by atoms with van der Waals surface area (Å²) in [6.45, 7) is 3.25. The van der Waals surface area contributed by atoms with E-state index < -0.39 is 36.4 Å². The van der Waals surface area contributed by atoms with Gasteiger partial charge in [0.1, 0.15) is 30.3 Å². The number of rotatable bonds is 7. The van der Waals surface area contributed by atoms with Gasteiger partial charge in [0.2, 0.25) is 17.7 Å². The number of aliphatic hydroxyl groups excluding tert-OH is 1. The Hall–Kier alpha value is -3.94. The highest BCUT2D eigenvalue weighted by molar-refractivity contribution is 5.89. The summed E-state index contributed by atoms with van der Waals surface area (Å²) in [4.78, 5) is 25.9. The number of hydrogen-bond acceptors (Lipinski definition) is 10. The van der Waals surface area contributed by atoms with Gasteiger partial charge in [-0.3, -0.25) is 4.90 Å². The number of cyclic esters (lactones) is 1. The number of nitrogens with zero attached hydrogens (tertiary/aromatic N) is 5. The summed E-state index contributed by atoms with van der Waals surface area (Å²) >= 11 is 0. The van der Waals surface area contributed by atoms with E-state index >= 15 is 0 Å². The van der Waals surface area contributed by atoms with Crippen molar-refractivity contribution >= 4 is 17.9 Å². The van der Waals surface area contributed by atoms with Gasteiger partial charge < -0.3 is 24.4 Å². The number of nitrogens with one attached hydrogen (secondary N) is 1. The first-order valence-corrected chi connectivity index (χ1v) is 10.0. The Bertz CT molecular complexity index is 1170. The number of halogens is 3. The smallest absolute Gasteiger partial charge is 0.447 e. The average Bonchev–Trinajstić information content (AvgIpc) is 3.40. The molecule has 0 bridgehead atoms. The number of aliphatic hydroxyl groups is 1. The summed E-state index contributed by atoms with van der Waals surface area (Å²) in [5, 5.41) is 16.7. The highest BCUT2D eigenvalue weighted by Gasteiger charge is 2.38. The van der Waals surface area contributed by atoms with Crippen LogP contribution in [0.25, 0.3) is 11.4 Å². The van der Waals surface area contributed by atoms with Crippen LogP contribution in [0, 0.1) is 0 Å². The second-order valence-corrected chi connectivity index (χ2v) is 7.39. The van der Waals surface area contributed by atoms with Crippen LogP contribution in [-0.2, 0) is 4.74 Å². The first-order chi connectivity index (χ1) is 16.1. The van der Waals surface area contributed by atoms with E-state index in [1.807, 2.05) is 0 Å². The predicted octanol–water partition coefficient (Wildman–Crippen LogP) is 3.30. The van der Waals surface area contributed by atoms with Gasteiger partial charge in [-0.05, 0) is 32.0 Å². The minimum atomic E-state index is -4.82. The largest absolute Gasteiger partial charge is 0.573 e. The third kappa shape index (κ3) is 5.17. The van der Waals surface area contributed by atoms with Crippen molar-refractivity contribution in [2.24, 2.45) is 0 Å². The molecular weight excluding hydrogens is 461 g/mol. The molecule has 1 aromatic carbocycles. The third-order valence-electron chi connectivity index (χ3n) is 4.83. The lowest BCUT2D eigenvalue weighted by Gasteiger charge is -2.22. The number of carbonyl (C=O) groups excluding carboxylic acids is 1. The molecule has 0 spiro atoms. The second kappa shape index (κ2) is 9.13. The first-order valence-electron chi connectivity index (χ1n) is 10.0. The highest BCUT2D eigenvalue weighted by Crippen LogP contribution is 2.28. The Kier molecular flexibility index (Phi) is 6.24. The lowest BCUT2D eigenvalue weighted by atomic mass is 10.2. The summed E-state index contributed by atoms with van der Waals surface area (Å²) < 4.78 is 51.6. The molecule has 3 aromatic rings. The summed E-state index contributed by atoms with van der Waals surface area (Å²) in [6.07, 6.45) is -4.88. The van der Waals surface area contributed by atoms with E-state index in [0.29, 0.717) is 0 Å². The molecule has 1 fully saturated rings. The van der Waals surface area contributed by atoms with E-state index in [2.05, 4.69) is 30.2 Å². The van der Waals surface area contributed by atoms with Crippen molar-refractivity contribution in [3.8, 4) is 17.1 Å². The number of anilines is 2. The maximum Gasteiger partial charge on any atom is 0.573 e. The fourth-order valence-electron chi connectivity index (χ4n) is 3.22. The summed E-state index contributed by atoms with van der Waals surface area (Å²) in [7, 11) is 0. The topological polar surface area (TPSA) is 136 Å². The lowest BCUT2D eigenvalue weighted by molar-refractivity contribution is -0.274. The van der Waals surface area contributed by atoms with Crippen LogP contribution in [0.3, 0.4) is 0 Å². The Labute approximate surface area is 190 Å². The van der Waals surface area contributed by atoms with Gasteiger partial charge in [-0.25, -0.2) is 9.78 Å². The van der Waals surface area contributed by atoms with Crippen LogP contribution < -0.4 is 15.0 Å². The van der Waals surface area contributed by atoms with Crippen LogP contribution in [-0.4, -0.2) is 56.4 Å². The van der Waals surface area contributed by atoms with E-state index in [4.69, 9.17) is 9.26 Å². The molecule has 34 heavy (non-hydrogen) atoms. The van der Waals surface area contributed by atoms with Crippen molar-refractivity contribution in [3.05, 3.63) is 42.4 Å². The lowest BCUT2D eigenvalue weighted by Crippen LogP contribution is -2.41. The molecule has 1 amide bonds. The van der Waals surface area contributed by atoms with Crippen molar-refractivity contribution < 1.29 is 37.1 Å². The Morgan fingerprint density at radius 3 is 2.79 bits per heavy atom. The van der Waals surface area contributed by atoms with Gasteiger partial charge in [0.05, 0.1) is 6.10 Å². The molecule has 4 rings (SSSR count). The third-order valence-corrected chi connectivity index (χ3v) is 4.83. The van der Waals surface area contributed by atoms with Gasteiger partial charge in [-0.15, -0.1) is 13.2 Å². The fourth-order valence-corrected chi connectivity index (χ4v) is 3.22. The molecule has 0 saturated carbocycles. The molecule has 0 unspecified atom stereocenters. The van der Waals surface area contributed by atoms with Gasteiger partial charge in [0.25, 0.3) is 0 Å². The number of hydrogen-bond donors (Lipinski definition) is 2. The van der Waals surface area contributed by atoms with Gasteiger partial charge in [-0.1, -0.05) is 17.3 Å². The number of amides is 1. The molecule has 2 N–H and O–H groups in total. The molecule has 1 saturated heterocycles. The zero-order valence-corrected chi connectivity index (χ0v) is 17.9. The number of alkyl halides is 3. The van der Waals surface area contributed by atoms with Crippen molar-refractivity contribution in [2.75, 3.05) is 16.8 Å². The fraction of sp³-hybridized carbons (Fsp3) is 0.350. The zero-order chi connectivity index (χ0) is 24.5. The van der Waals surface area contributed by atoms with Crippen LogP contribution in [0.1, 0.15) is 25.8 Å². The Morgan fingerprint density at radius 1 is 1.26 bits per heavy atom. The predicted molar refractivity (Wildman–Crippen MR) is 110 cm³/mol. The Balaban J connectivity index is 1.49. The van der Waals surface area contributed by atoms with Crippen molar-refractivity contribution in [3.63, 3.8) is 0 Å². The molecule has 14 heteroatoms. The molecule has 180 valence electrons. The zero-order valence-electron chi connectivity index (χ0n) is 17.9. The molecule has 2 aromatic heterocycles. The number of aromatic nitrogens is 4. The number of ether oxygens (including phenoxy) is 2. The van der Waals surface area contributed by atoms with E-state index in [9.17, 15) is 23.1 Å². The SMILES string of the molecule is C[C@H](Nc1nccc(N2C(=O)OC[C@@H]2[C@@H](C)O)n1)c1nc(-c2cccc(OC(F)(F)F)c2)no1. The Morgan fingerprint density at radius 2 is 2.06 bits per heavy atom.